The van der Waals surface area contributed by atoms with Crippen LogP contribution in [0.2, 0.25) is 0 Å². The summed E-state index contributed by atoms with van der Waals surface area (Å²) >= 11 is 0. The van der Waals surface area contributed by atoms with E-state index >= 15 is 0 Å². The third-order valence-corrected chi connectivity index (χ3v) is 4.48. The van der Waals surface area contributed by atoms with E-state index in [-0.39, 0.29) is 5.91 Å². The van der Waals surface area contributed by atoms with Gasteiger partial charge in [-0.3, -0.25) is 4.79 Å². The van der Waals surface area contributed by atoms with Crippen LogP contribution in [0.4, 0.5) is 5.69 Å². The highest BCUT2D eigenvalue weighted by Crippen LogP contribution is 2.25. The van der Waals surface area contributed by atoms with Gasteiger partial charge >= 0.3 is 0 Å². The van der Waals surface area contributed by atoms with E-state index in [0.717, 1.165) is 24.2 Å². The average molecular weight is 349 g/mol. The molecule has 2 aromatic carbocycles. The molecule has 1 heterocycles. The number of aromatic nitrogens is 4. The van der Waals surface area contributed by atoms with Crippen molar-refractivity contribution >= 4 is 11.6 Å². The summed E-state index contributed by atoms with van der Waals surface area (Å²) in [6.07, 6.45) is 4.26. The molecule has 132 valence electrons. The predicted octanol–water partition coefficient (Wildman–Crippen LogP) is 2.56. The smallest absolute Gasteiger partial charge is 0.265 e. The minimum Gasteiger partial charge on any atom is -0.481 e. The number of rotatable bonds is 5. The van der Waals surface area contributed by atoms with Gasteiger partial charge in [0.25, 0.3) is 5.91 Å². The number of amides is 1. The van der Waals surface area contributed by atoms with Gasteiger partial charge in [0, 0.05) is 11.8 Å². The summed E-state index contributed by atoms with van der Waals surface area (Å²) in [4.78, 5) is 12.5. The highest BCUT2D eigenvalue weighted by molar-refractivity contribution is 5.94. The van der Waals surface area contributed by atoms with Gasteiger partial charge in [-0.05, 0) is 72.0 Å². The lowest BCUT2D eigenvalue weighted by Gasteiger charge is -2.16. The van der Waals surface area contributed by atoms with E-state index in [1.165, 1.54) is 28.6 Å². The number of carbonyl (C=O) groups is 1. The molecule has 3 aromatic rings. The van der Waals surface area contributed by atoms with Gasteiger partial charge in [0.05, 0.1) is 5.69 Å². The fourth-order valence-electron chi connectivity index (χ4n) is 3.13. The van der Waals surface area contributed by atoms with Crippen LogP contribution in [0.15, 0.2) is 48.8 Å². The maximum Gasteiger partial charge on any atom is 0.265 e. The molecule has 7 nitrogen and oxygen atoms in total. The maximum absolute atomic E-state index is 12.5. The normalized spacial score (nSPS) is 13.9. The van der Waals surface area contributed by atoms with Crippen LogP contribution in [0.1, 0.15) is 24.5 Å². The molecular formula is C19H19N5O2. The van der Waals surface area contributed by atoms with Crippen molar-refractivity contribution in [3.63, 3.8) is 0 Å². The Kier molecular flexibility index (Phi) is 4.35. The number of ether oxygens (including phenoxy) is 1. The van der Waals surface area contributed by atoms with E-state index in [2.05, 4.69) is 33.0 Å². The van der Waals surface area contributed by atoms with Crippen LogP contribution in [-0.4, -0.2) is 32.2 Å². The van der Waals surface area contributed by atoms with Crippen molar-refractivity contribution in [3.05, 3.63) is 59.9 Å². The van der Waals surface area contributed by atoms with E-state index in [0.29, 0.717) is 5.75 Å². The molecule has 1 N–H and O–H groups in total. The number of aryl methyl sites for hydroxylation is 2. The summed E-state index contributed by atoms with van der Waals surface area (Å²) in [5.41, 5.74) is 4.28. The molecule has 1 atom stereocenters. The van der Waals surface area contributed by atoms with Crippen molar-refractivity contribution in [1.82, 2.24) is 20.2 Å². The molecule has 0 bridgehead atoms. The second kappa shape index (κ2) is 6.95. The van der Waals surface area contributed by atoms with Gasteiger partial charge in [0.1, 0.15) is 12.1 Å². The Bertz CT molecular complexity index is 923. The molecular weight excluding hydrogens is 330 g/mol. The molecule has 0 saturated carbocycles. The zero-order chi connectivity index (χ0) is 17.9. The number of tetrazole rings is 1. The first-order valence-electron chi connectivity index (χ1n) is 8.62. The first-order valence-corrected chi connectivity index (χ1v) is 8.62. The summed E-state index contributed by atoms with van der Waals surface area (Å²) in [5, 5.41) is 14.0. The number of nitrogens with zero attached hydrogens (tertiary/aromatic N) is 4. The van der Waals surface area contributed by atoms with Crippen molar-refractivity contribution in [1.29, 1.82) is 0 Å². The first-order chi connectivity index (χ1) is 12.7. The van der Waals surface area contributed by atoms with Crippen LogP contribution < -0.4 is 10.1 Å². The molecule has 1 aliphatic rings. The maximum atomic E-state index is 12.5. The summed E-state index contributed by atoms with van der Waals surface area (Å²) in [6, 6.07) is 13.4. The van der Waals surface area contributed by atoms with Crippen molar-refractivity contribution in [2.45, 2.75) is 32.3 Å². The summed E-state index contributed by atoms with van der Waals surface area (Å²) in [5.74, 6) is 0.394. The van der Waals surface area contributed by atoms with E-state index < -0.39 is 6.10 Å². The van der Waals surface area contributed by atoms with Crippen LogP contribution in [-0.2, 0) is 17.6 Å². The number of hydrogen-bond acceptors (Lipinski definition) is 5. The van der Waals surface area contributed by atoms with Gasteiger partial charge < -0.3 is 10.1 Å². The summed E-state index contributed by atoms with van der Waals surface area (Å²) < 4.78 is 7.32. The third kappa shape index (κ3) is 3.42. The zero-order valence-electron chi connectivity index (χ0n) is 14.4. The van der Waals surface area contributed by atoms with E-state index in [4.69, 9.17) is 4.74 Å². The lowest BCUT2D eigenvalue weighted by molar-refractivity contribution is -0.122. The molecule has 0 saturated heterocycles. The Morgan fingerprint density at radius 1 is 1.19 bits per heavy atom. The Labute approximate surface area is 151 Å². The number of nitrogens with one attached hydrogen (secondary N) is 1. The molecule has 0 radical (unpaired) electrons. The predicted molar refractivity (Wildman–Crippen MR) is 96.3 cm³/mol. The number of anilines is 1. The van der Waals surface area contributed by atoms with Crippen LogP contribution in [0.5, 0.6) is 5.75 Å². The molecule has 0 unspecified atom stereocenters. The van der Waals surface area contributed by atoms with Crippen molar-refractivity contribution in [2.75, 3.05) is 5.32 Å². The van der Waals surface area contributed by atoms with Gasteiger partial charge in [-0.25, -0.2) is 4.68 Å². The van der Waals surface area contributed by atoms with Crippen LogP contribution in [0.25, 0.3) is 5.69 Å². The minimum absolute atomic E-state index is 0.184. The van der Waals surface area contributed by atoms with Gasteiger partial charge in [-0.2, -0.15) is 0 Å². The van der Waals surface area contributed by atoms with Crippen molar-refractivity contribution < 1.29 is 9.53 Å². The molecule has 0 aliphatic heterocycles. The molecule has 0 fully saturated rings. The Morgan fingerprint density at radius 3 is 2.92 bits per heavy atom. The lowest BCUT2D eigenvalue weighted by atomic mass is 10.1. The van der Waals surface area contributed by atoms with E-state index in [1.807, 2.05) is 18.2 Å². The van der Waals surface area contributed by atoms with Crippen LogP contribution in [0, 0.1) is 0 Å². The second-order valence-electron chi connectivity index (χ2n) is 6.34. The Morgan fingerprint density at radius 2 is 2.08 bits per heavy atom. The standard InChI is InChI=1S/C19H19N5O2/c1-13(19(25)21-16-9-8-14-4-2-5-15(14)10-16)26-18-7-3-6-17(11-18)24-12-20-22-23-24/h3,6-13H,2,4-5H2,1H3,(H,21,25)/t13-/m1/s1. The fraction of sp³-hybridized carbons (Fsp3) is 0.263. The van der Waals surface area contributed by atoms with Crippen LogP contribution in [0.3, 0.4) is 0 Å². The van der Waals surface area contributed by atoms with Crippen molar-refractivity contribution in [3.8, 4) is 11.4 Å². The highest BCUT2D eigenvalue weighted by Gasteiger charge is 2.17. The molecule has 1 amide bonds. The fourth-order valence-corrected chi connectivity index (χ4v) is 3.13. The molecule has 1 aliphatic carbocycles. The molecule has 4 rings (SSSR count). The highest BCUT2D eigenvalue weighted by atomic mass is 16.5. The number of fused-ring (bicyclic) bond motifs is 1. The van der Waals surface area contributed by atoms with Crippen LogP contribution >= 0.6 is 0 Å². The molecule has 0 spiro atoms. The SMILES string of the molecule is C[C@@H](Oc1cccc(-n2cnnn2)c1)C(=O)Nc1ccc2c(c1)CCC2. The van der Waals surface area contributed by atoms with Gasteiger partial charge in [-0.1, -0.05) is 12.1 Å². The van der Waals surface area contributed by atoms with E-state index in [9.17, 15) is 4.79 Å². The topological polar surface area (TPSA) is 81.9 Å². The van der Waals surface area contributed by atoms with Crippen molar-refractivity contribution in [2.24, 2.45) is 0 Å². The monoisotopic (exact) mass is 349 g/mol. The number of carbonyl (C=O) groups excluding carboxylic acids is 1. The number of benzene rings is 2. The van der Waals surface area contributed by atoms with E-state index in [1.54, 1.807) is 19.1 Å². The summed E-state index contributed by atoms with van der Waals surface area (Å²) in [6.45, 7) is 1.73. The zero-order valence-corrected chi connectivity index (χ0v) is 14.4. The average Bonchev–Trinajstić information content (AvgIpc) is 3.33. The van der Waals surface area contributed by atoms with Gasteiger partial charge in [-0.15, -0.1) is 5.10 Å². The molecule has 26 heavy (non-hydrogen) atoms. The van der Waals surface area contributed by atoms with Gasteiger partial charge in [0.2, 0.25) is 0 Å². The second-order valence-corrected chi connectivity index (χ2v) is 6.34. The minimum atomic E-state index is -0.632. The lowest BCUT2D eigenvalue weighted by Crippen LogP contribution is -2.30. The van der Waals surface area contributed by atoms with Gasteiger partial charge in [0.15, 0.2) is 6.10 Å². The Hall–Kier alpha value is -3.22. The number of hydrogen-bond donors (Lipinski definition) is 1. The molecule has 7 heteroatoms. The first kappa shape index (κ1) is 16.3. The quantitative estimate of drug-likeness (QED) is 0.765. The Balaban J connectivity index is 1.42. The largest absolute Gasteiger partial charge is 0.481 e. The summed E-state index contributed by atoms with van der Waals surface area (Å²) in [7, 11) is 0. The third-order valence-electron chi connectivity index (χ3n) is 4.48. The molecule has 1 aromatic heterocycles.